The van der Waals surface area contributed by atoms with E-state index in [1.807, 2.05) is 19.9 Å². The molecule has 160 valence electrons. The van der Waals surface area contributed by atoms with Gasteiger partial charge in [0.25, 0.3) is 0 Å². The summed E-state index contributed by atoms with van der Waals surface area (Å²) in [5.41, 5.74) is 0.127. The number of hydrogen-bond acceptors (Lipinski definition) is 5. The third kappa shape index (κ3) is 2.81. The second-order valence-electron chi connectivity index (χ2n) is 8.60. The maximum Gasteiger partial charge on any atom is 0.241 e. The Morgan fingerprint density at radius 3 is 2.37 bits per heavy atom. The van der Waals surface area contributed by atoms with Gasteiger partial charge < -0.3 is 0 Å². The lowest BCUT2D eigenvalue weighted by atomic mass is 9.58. The van der Waals surface area contributed by atoms with E-state index >= 15 is 0 Å². The van der Waals surface area contributed by atoms with Gasteiger partial charge in [-0.25, -0.2) is 0 Å². The van der Waals surface area contributed by atoms with Gasteiger partial charge in [-0.1, -0.05) is 32.8 Å². The molecule has 3 unspecified atom stereocenters. The van der Waals surface area contributed by atoms with Crippen LogP contribution in [0.3, 0.4) is 0 Å². The zero-order chi connectivity index (χ0) is 21.5. The van der Waals surface area contributed by atoms with Gasteiger partial charge in [-0.3, -0.25) is 34.0 Å². The van der Waals surface area contributed by atoms with Crippen molar-refractivity contribution >= 4 is 23.6 Å². The van der Waals surface area contributed by atoms with Gasteiger partial charge in [0.2, 0.25) is 23.6 Å². The third-order valence-electron chi connectivity index (χ3n) is 6.98. The van der Waals surface area contributed by atoms with E-state index in [-0.39, 0.29) is 30.0 Å². The molecule has 3 heterocycles. The zero-order valence-corrected chi connectivity index (χ0v) is 17.7. The fraction of sp³-hybridized carbons (Fsp3) is 0.609. The molecular weight excluding hydrogens is 382 g/mol. The van der Waals surface area contributed by atoms with Gasteiger partial charge in [-0.15, -0.1) is 0 Å². The lowest BCUT2D eigenvalue weighted by molar-refractivity contribution is -0.145. The highest BCUT2D eigenvalue weighted by Crippen LogP contribution is 2.54. The van der Waals surface area contributed by atoms with E-state index < -0.39 is 17.3 Å². The van der Waals surface area contributed by atoms with Crippen molar-refractivity contribution in [2.24, 2.45) is 11.8 Å². The molecule has 1 aromatic rings. The van der Waals surface area contributed by atoms with Crippen molar-refractivity contribution in [3.05, 3.63) is 29.6 Å². The third-order valence-corrected chi connectivity index (χ3v) is 6.98. The van der Waals surface area contributed by atoms with Crippen molar-refractivity contribution < 1.29 is 19.2 Å². The molecule has 3 atom stereocenters. The molecule has 4 rings (SSSR count). The van der Waals surface area contributed by atoms with Gasteiger partial charge in [-0.2, -0.15) is 0 Å². The first-order chi connectivity index (χ1) is 14.5. The zero-order valence-electron chi connectivity index (χ0n) is 17.7. The number of aryl methyl sites for hydroxylation is 1. The van der Waals surface area contributed by atoms with Gasteiger partial charge in [0.05, 0.1) is 11.8 Å². The number of carbonyl (C=O) groups excluding carboxylic acids is 4. The summed E-state index contributed by atoms with van der Waals surface area (Å²) in [6.07, 6.45) is 5.91. The van der Waals surface area contributed by atoms with Gasteiger partial charge in [0.15, 0.2) is 0 Å². The average molecular weight is 412 g/mol. The van der Waals surface area contributed by atoms with E-state index in [2.05, 4.69) is 4.98 Å². The molecule has 4 amide bonds. The second-order valence-corrected chi connectivity index (χ2v) is 8.60. The highest BCUT2D eigenvalue weighted by molar-refractivity contribution is 6.16. The van der Waals surface area contributed by atoms with Crippen molar-refractivity contribution in [1.29, 1.82) is 0 Å². The number of imide groups is 2. The van der Waals surface area contributed by atoms with Gasteiger partial charge in [-0.05, 0) is 37.3 Å². The molecule has 3 aliphatic rings. The second kappa shape index (κ2) is 7.93. The largest absolute Gasteiger partial charge is 0.282 e. The van der Waals surface area contributed by atoms with Gasteiger partial charge in [0.1, 0.15) is 5.41 Å². The van der Waals surface area contributed by atoms with E-state index in [0.29, 0.717) is 31.5 Å². The number of aromatic nitrogens is 1. The summed E-state index contributed by atoms with van der Waals surface area (Å²) >= 11 is 0. The standard InChI is InChI=1S/C23H29N3O4/c1-3-5-12-25-19(27)14-17(21(25)29)23-15-8-7-11-24-18(15)10-9-16(23)20(28)26(22(23)30)13-6-4-2/h7-8,11,16-17H,3-6,9-10,12-14H2,1-2H3. The van der Waals surface area contributed by atoms with Crippen LogP contribution in [0.5, 0.6) is 0 Å². The smallest absolute Gasteiger partial charge is 0.241 e. The Hall–Kier alpha value is -2.57. The van der Waals surface area contributed by atoms with Crippen LogP contribution in [0.25, 0.3) is 0 Å². The highest BCUT2D eigenvalue weighted by atomic mass is 16.2. The molecule has 7 heteroatoms. The fourth-order valence-corrected chi connectivity index (χ4v) is 5.50. The topological polar surface area (TPSA) is 87.7 Å². The minimum atomic E-state index is -1.31. The molecule has 2 fully saturated rings. The number of amides is 4. The van der Waals surface area contributed by atoms with Crippen LogP contribution < -0.4 is 0 Å². The maximum absolute atomic E-state index is 13.9. The molecule has 2 saturated heterocycles. The van der Waals surface area contributed by atoms with Crippen LogP contribution in [0.1, 0.15) is 63.6 Å². The quantitative estimate of drug-likeness (QED) is 0.642. The summed E-state index contributed by atoms with van der Waals surface area (Å²) in [4.78, 5) is 60.6. The Kier molecular flexibility index (Phi) is 5.47. The maximum atomic E-state index is 13.9. The predicted octanol–water partition coefficient (Wildman–Crippen LogP) is 2.23. The molecule has 0 aromatic carbocycles. The molecule has 1 aliphatic carbocycles. The van der Waals surface area contributed by atoms with Crippen LogP contribution in [0.15, 0.2) is 18.3 Å². The van der Waals surface area contributed by atoms with Crippen LogP contribution in [0, 0.1) is 11.8 Å². The van der Waals surface area contributed by atoms with Crippen LogP contribution in [0.4, 0.5) is 0 Å². The molecule has 0 bridgehead atoms. The Labute approximate surface area is 176 Å². The van der Waals surface area contributed by atoms with Crippen molar-refractivity contribution in [2.45, 2.75) is 64.2 Å². The minimum absolute atomic E-state index is 0.0198. The first-order valence-corrected chi connectivity index (χ1v) is 11.1. The number of likely N-dealkylation sites (tertiary alicyclic amines) is 2. The predicted molar refractivity (Wildman–Crippen MR) is 109 cm³/mol. The lowest BCUT2D eigenvalue weighted by Gasteiger charge is -2.40. The molecule has 7 nitrogen and oxygen atoms in total. The van der Waals surface area contributed by atoms with E-state index in [4.69, 9.17) is 0 Å². The Morgan fingerprint density at radius 2 is 1.67 bits per heavy atom. The van der Waals surface area contributed by atoms with E-state index in [9.17, 15) is 19.2 Å². The summed E-state index contributed by atoms with van der Waals surface area (Å²) in [6, 6.07) is 3.58. The Morgan fingerprint density at radius 1 is 1.00 bits per heavy atom. The number of nitrogens with zero attached hydrogens (tertiary/aromatic N) is 3. The van der Waals surface area contributed by atoms with Gasteiger partial charge >= 0.3 is 0 Å². The molecule has 30 heavy (non-hydrogen) atoms. The molecule has 1 aromatic heterocycles. The number of carbonyl (C=O) groups is 4. The number of pyridine rings is 1. The Balaban J connectivity index is 1.84. The fourth-order valence-electron chi connectivity index (χ4n) is 5.50. The minimum Gasteiger partial charge on any atom is -0.282 e. The normalized spacial score (nSPS) is 28.3. The monoisotopic (exact) mass is 411 g/mol. The lowest BCUT2D eigenvalue weighted by Crippen LogP contribution is -2.52. The van der Waals surface area contributed by atoms with Crippen molar-refractivity contribution in [3.8, 4) is 0 Å². The first-order valence-electron chi connectivity index (χ1n) is 11.1. The molecule has 2 aliphatic heterocycles. The molecule has 0 saturated carbocycles. The number of rotatable bonds is 7. The van der Waals surface area contributed by atoms with Crippen molar-refractivity contribution in [2.75, 3.05) is 13.1 Å². The molecule has 0 spiro atoms. The molecule has 0 radical (unpaired) electrons. The summed E-state index contributed by atoms with van der Waals surface area (Å²) in [6.45, 7) is 4.74. The summed E-state index contributed by atoms with van der Waals surface area (Å²) in [5, 5.41) is 0. The van der Waals surface area contributed by atoms with Crippen LogP contribution in [-0.2, 0) is 31.0 Å². The number of fused-ring (bicyclic) bond motifs is 3. The van der Waals surface area contributed by atoms with Crippen LogP contribution in [0.2, 0.25) is 0 Å². The van der Waals surface area contributed by atoms with E-state index in [1.165, 1.54) is 9.80 Å². The number of hydrogen-bond donors (Lipinski definition) is 0. The van der Waals surface area contributed by atoms with E-state index in [1.54, 1.807) is 12.3 Å². The van der Waals surface area contributed by atoms with E-state index in [0.717, 1.165) is 31.4 Å². The van der Waals surface area contributed by atoms with Crippen LogP contribution in [-0.4, -0.2) is 51.5 Å². The van der Waals surface area contributed by atoms with Crippen LogP contribution >= 0.6 is 0 Å². The van der Waals surface area contributed by atoms with Crippen molar-refractivity contribution in [3.63, 3.8) is 0 Å². The summed E-state index contributed by atoms with van der Waals surface area (Å²) in [5.74, 6) is -2.51. The van der Waals surface area contributed by atoms with Gasteiger partial charge in [0, 0.05) is 31.4 Å². The average Bonchev–Trinajstić information content (AvgIpc) is 3.15. The highest BCUT2D eigenvalue weighted by Gasteiger charge is 2.68. The molecule has 0 N–H and O–H groups in total. The van der Waals surface area contributed by atoms with Crippen molar-refractivity contribution in [1.82, 2.24) is 14.8 Å². The SMILES string of the molecule is CCCCN1C(=O)CC(C23C(=O)N(CCCC)C(=O)C2CCc2ncccc23)C1=O. The Bertz CT molecular complexity index is 898. The molecular formula is C23H29N3O4. The number of unbranched alkanes of at least 4 members (excludes halogenated alkanes) is 2. The summed E-state index contributed by atoms with van der Waals surface area (Å²) in [7, 11) is 0. The first kappa shape index (κ1) is 20.7. The summed E-state index contributed by atoms with van der Waals surface area (Å²) < 4.78 is 0.